The van der Waals surface area contributed by atoms with Crippen molar-refractivity contribution in [2.75, 3.05) is 26.3 Å². The standard InChI is InChI=1S/C18H35NO3/c1-2-3-4-5-6-9-12-17-22-18(21)13-10-7-8-11-14-19-15-16-20/h3-4,19-20H,2,5-17H2,1H3. The number of carbonyl (C=O) groups is 1. The molecular formula is C18H35NO3. The van der Waals surface area contributed by atoms with Gasteiger partial charge in [-0.2, -0.15) is 0 Å². The van der Waals surface area contributed by atoms with Crippen LogP contribution in [0.3, 0.4) is 0 Å². The summed E-state index contributed by atoms with van der Waals surface area (Å²) >= 11 is 0. The molecule has 0 saturated carbocycles. The molecule has 0 aliphatic carbocycles. The first kappa shape index (κ1) is 21.1. The molecule has 0 aromatic rings. The second kappa shape index (κ2) is 18.2. The van der Waals surface area contributed by atoms with Gasteiger partial charge in [-0.1, -0.05) is 31.9 Å². The first-order valence-electron chi connectivity index (χ1n) is 8.93. The van der Waals surface area contributed by atoms with Crippen LogP contribution in [0.25, 0.3) is 0 Å². The number of allylic oxidation sites excluding steroid dienone is 2. The second-order valence-corrected chi connectivity index (χ2v) is 5.59. The van der Waals surface area contributed by atoms with E-state index in [1.165, 1.54) is 6.42 Å². The van der Waals surface area contributed by atoms with E-state index >= 15 is 0 Å². The van der Waals surface area contributed by atoms with Crippen molar-refractivity contribution in [1.82, 2.24) is 5.32 Å². The summed E-state index contributed by atoms with van der Waals surface area (Å²) in [4.78, 5) is 11.5. The van der Waals surface area contributed by atoms with Crippen LogP contribution >= 0.6 is 0 Å². The summed E-state index contributed by atoms with van der Waals surface area (Å²) in [6, 6.07) is 0. The quantitative estimate of drug-likeness (QED) is 0.260. The van der Waals surface area contributed by atoms with Crippen molar-refractivity contribution < 1.29 is 14.6 Å². The zero-order chi connectivity index (χ0) is 16.3. The van der Waals surface area contributed by atoms with E-state index in [-0.39, 0.29) is 12.6 Å². The lowest BCUT2D eigenvalue weighted by Crippen LogP contribution is -2.19. The van der Waals surface area contributed by atoms with Gasteiger partial charge in [0.2, 0.25) is 0 Å². The summed E-state index contributed by atoms with van der Waals surface area (Å²) in [7, 11) is 0. The largest absolute Gasteiger partial charge is 0.466 e. The van der Waals surface area contributed by atoms with Crippen molar-refractivity contribution in [2.24, 2.45) is 0 Å². The van der Waals surface area contributed by atoms with Gasteiger partial charge in [-0.25, -0.2) is 0 Å². The molecule has 0 rings (SSSR count). The Morgan fingerprint density at radius 2 is 1.77 bits per heavy atom. The third-order valence-corrected chi connectivity index (χ3v) is 3.45. The fraction of sp³-hybridized carbons (Fsp3) is 0.833. The van der Waals surface area contributed by atoms with E-state index in [1.807, 2.05) is 0 Å². The molecule has 130 valence electrons. The molecule has 4 heteroatoms. The molecule has 22 heavy (non-hydrogen) atoms. The monoisotopic (exact) mass is 313 g/mol. The molecule has 0 atom stereocenters. The lowest BCUT2D eigenvalue weighted by molar-refractivity contribution is -0.143. The van der Waals surface area contributed by atoms with E-state index in [4.69, 9.17) is 9.84 Å². The van der Waals surface area contributed by atoms with E-state index in [0.717, 1.165) is 57.9 Å². The van der Waals surface area contributed by atoms with Crippen LogP contribution in [0.4, 0.5) is 0 Å². The molecule has 0 fully saturated rings. The smallest absolute Gasteiger partial charge is 0.305 e. The molecule has 0 unspecified atom stereocenters. The lowest BCUT2D eigenvalue weighted by Gasteiger charge is -2.05. The highest BCUT2D eigenvalue weighted by Gasteiger charge is 2.02. The van der Waals surface area contributed by atoms with Crippen LogP contribution in [0.5, 0.6) is 0 Å². The van der Waals surface area contributed by atoms with Gasteiger partial charge >= 0.3 is 5.97 Å². The lowest BCUT2D eigenvalue weighted by atomic mass is 10.1. The SMILES string of the molecule is CCC=CCCCCCOC(=O)CCCCCCNCCO. The molecule has 0 spiro atoms. The molecule has 0 radical (unpaired) electrons. The Hall–Kier alpha value is -0.870. The molecule has 0 amide bonds. The predicted molar refractivity (Wildman–Crippen MR) is 91.9 cm³/mol. The Bertz CT molecular complexity index is 267. The number of esters is 1. The summed E-state index contributed by atoms with van der Waals surface area (Å²) < 4.78 is 5.23. The minimum Gasteiger partial charge on any atom is -0.466 e. The van der Waals surface area contributed by atoms with Gasteiger partial charge in [0.25, 0.3) is 0 Å². The molecule has 0 aromatic heterocycles. The maximum absolute atomic E-state index is 11.5. The van der Waals surface area contributed by atoms with E-state index in [2.05, 4.69) is 24.4 Å². The molecule has 0 aliphatic heterocycles. The number of aliphatic hydroxyl groups excluding tert-OH is 1. The number of rotatable bonds is 16. The summed E-state index contributed by atoms with van der Waals surface area (Å²) in [5, 5.41) is 11.7. The Morgan fingerprint density at radius 3 is 2.55 bits per heavy atom. The fourth-order valence-electron chi connectivity index (χ4n) is 2.16. The minimum absolute atomic E-state index is 0.0516. The van der Waals surface area contributed by atoms with Gasteiger partial charge < -0.3 is 15.2 Å². The third kappa shape index (κ3) is 17.2. The maximum Gasteiger partial charge on any atom is 0.305 e. The van der Waals surface area contributed by atoms with Crippen molar-refractivity contribution in [1.29, 1.82) is 0 Å². The Kier molecular flexibility index (Phi) is 17.5. The van der Waals surface area contributed by atoms with Crippen molar-refractivity contribution in [3.63, 3.8) is 0 Å². The minimum atomic E-state index is -0.0516. The first-order chi connectivity index (χ1) is 10.8. The summed E-state index contributed by atoms with van der Waals surface area (Å²) in [5.74, 6) is -0.0516. The number of unbranched alkanes of at least 4 members (excludes halogenated alkanes) is 6. The topological polar surface area (TPSA) is 58.6 Å². The number of ether oxygens (including phenoxy) is 1. The summed E-state index contributed by atoms with van der Waals surface area (Å²) in [5.41, 5.74) is 0. The highest BCUT2D eigenvalue weighted by atomic mass is 16.5. The van der Waals surface area contributed by atoms with Crippen LogP contribution in [0.15, 0.2) is 12.2 Å². The van der Waals surface area contributed by atoms with Crippen molar-refractivity contribution >= 4 is 5.97 Å². The van der Waals surface area contributed by atoms with Gasteiger partial charge in [0.05, 0.1) is 13.2 Å². The highest BCUT2D eigenvalue weighted by molar-refractivity contribution is 5.69. The molecule has 0 aliphatic rings. The number of carbonyl (C=O) groups excluding carboxylic acids is 1. The van der Waals surface area contributed by atoms with Gasteiger partial charge in [-0.15, -0.1) is 0 Å². The summed E-state index contributed by atoms with van der Waals surface area (Å²) in [6.07, 6.45) is 14.7. The van der Waals surface area contributed by atoms with E-state index in [9.17, 15) is 4.79 Å². The molecular weight excluding hydrogens is 278 g/mol. The van der Waals surface area contributed by atoms with E-state index in [0.29, 0.717) is 19.6 Å². The van der Waals surface area contributed by atoms with Gasteiger partial charge in [-0.3, -0.25) is 4.79 Å². The van der Waals surface area contributed by atoms with Gasteiger partial charge in [0.1, 0.15) is 0 Å². The van der Waals surface area contributed by atoms with Crippen LogP contribution in [-0.2, 0) is 9.53 Å². The van der Waals surface area contributed by atoms with Gasteiger partial charge in [0, 0.05) is 13.0 Å². The third-order valence-electron chi connectivity index (χ3n) is 3.45. The molecule has 2 N–H and O–H groups in total. The predicted octanol–water partition coefficient (Wildman–Crippen LogP) is 3.59. The number of hydrogen-bond donors (Lipinski definition) is 2. The van der Waals surface area contributed by atoms with Crippen molar-refractivity contribution in [3.05, 3.63) is 12.2 Å². The van der Waals surface area contributed by atoms with Crippen LogP contribution in [0.1, 0.15) is 71.1 Å². The van der Waals surface area contributed by atoms with Crippen LogP contribution in [0, 0.1) is 0 Å². The number of nitrogens with one attached hydrogen (secondary N) is 1. The Balaban J connectivity index is 3.18. The van der Waals surface area contributed by atoms with Gasteiger partial charge in [0.15, 0.2) is 0 Å². The maximum atomic E-state index is 11.5. The second-order valence-electron chi connectivity index (χ2n) is 5.59. The first-order valence-corrected chi connectivity index (χ1v) is 8.93. The van der Waals surface area contributed by atoms with Crippen molar-refractivity contribution in [2.45, 2.75) is 71.1 Å². The normalized spacial score (nSPS) is 11.2. The number of hydrogen-bond acceptors (Lipinski definition) is 4. The van der Waals surface area contributed by atoms with Crippen LogP contribution in [-0.4, -0.2) is 37.4 Å². The average molecular weight is 313 g/mol. The van der Waals surface area contributed by atoms with Gasteiger partial charge in [-0.05, 0) is 51.5 Å². The zero-order valence-corrected chi connectivity index (χ0v) is 14.3. The molecule has 0 aromatic carbocycles. The molecule has 0 heterocycles. The van der Waals surface area contributed by atoms with E-state index < -0.39 is 0 Å². The molecule has 0 saturated heterocycles. The Labute approximate surface area is 136 Å². The fourth-order valence-corrected chi connectivity index (χ4v) is 2.16. The number of aliphatic hydroxyl groups is 1. The zero-order valence-electron chi connectivity index (χ0n) is 14.3. The molecule has 4 nitrogen and oxygen atoms in total. The Morgan fingerprint density at radius 1 is 1.00 bits per heavy atom. The molecule has 0 bridgehead atoms. The summed E-state index contributed by atoms with van der Waals surface area (Å²) in [6.45, 7) is 4.52. The van der Waals surface area contributed by atoms with Crippen molar-refractivity contribution in [3.8, 4) is 0 Å². The van der Waals surface area contributed by atoms with Crippen LogP contribution < -0.4 is 5.32 Å². The van der Waals surface area contributed by atoms with E-state index in [1.54, 1.807) is 0 Å². The average Bonchev–Trinajstić information content (AvgIpc) is 2.52. The highest BCUT2D eigenvalue weighted by Crippen LogP contribution is 2.05. The van der Waals surface area contributed by atoms with Crippen LogP contribution in [0.2, 0.25) is 0 Å².